The molecule has 2 heterocycles. The summed E-state index contributed by atoms with van der Waals surface area (Å²) in [6.07, 6.45) is 4.07. The molecule has 1 aliphatic heterocycles. The summed E-state index contributed by atoms with van der Waals surface area (Å²) < 4.78 is 0. The molecule has 100 valence electrons. The van der Waals surface area contributed by atoms with Crippen LogP contribution in [0.25, 0.3) is 0 Å². The number of nitrogens with one attached hydrogen (secondary N) is 1. The van der Waals surface area contributed by atoms with Crippen LogP contribution in [0.2, 0.25) is 0 Å². The highest BCUT2D eigenvalue weighted by Gasteiger charge is 2.47. The molecule has 1 N–H and O–H groups in total. The quantitative estimate of drug-likeness (QED) is 0.899. The van der Waals surface area contributed by atoms with E-state index in [1.807, 2.05) is 11.3 Å². The van der Waals surface area contributed by atoms with Gasteiger partial charge in [-0.15, -0.1) is 0 Å². The van der Waals surface area contributed by atoms with E-state index < -0.39 is 0 Å². The zero-order chi connectivity index (χ0) is 12.6. The van der Waals surface area contributed by atoms with Crippen molar-refractivity contribution in [2.45, 2.75) is 44.7 Å². The van der Waals surface area contributed by atoms with Crippen molar-refractivity contribution < 1.29 is 0 Å². The van der Waals surface area contributed by atoms with Gasteiger partial charge in [0, 0.05) is 31.2 Å². The molecule has 2 aliphatic rings. The van der Waals surface area contributed by atoms with Gasteiger partial charge in [0.25, 0.3) is 0 Å². The molecule has 3 rings (SSSR count). The Morgan fingerprint density at radius 1 is 1.50 bits per heavy atom. The lowest BCUT2D eigenvalue weighted by atomic mass is 9.89. The van der Waals surface area contributed by atoms with Crippen molar-refractivity contribution >= 4 is 11.3 Å². The summed E-state index contributed by atoms with van der Waals surface area (Å²) in [5.74, 6) is 0.931. The molecule has 1 saturated carbocycles. The Kier molecular flexibility index (Phi) is 3.48. The lowest BCUT2D eigenvalue weighted by Gasteiger charge is -2.48. The van der Waals surface area contributed by atoms with E-state index in [9.17, 15) is 0 Å². The van der Waals surface area contributed by atoms with Gasteiger partial charge in [-0.25, -0.2) is 0 Å². The Labute approximate surface area is 114 Å². The van der Waals surface area contributed by atoms with E-state index in [-0.39, 0.29) is 0 Å². The standard InChI is InChI=1S/C15H24N2S/c1-12-9-17(7-5-13-6-8-18-10-13)15(2,11-16-12)14-3-4-14/h6,8,10,12,14,16H,3-5,7,9,11H2,1-2H3. The molecule has 2 fully saturated rings. The first-order chi connectivity index (χ1) is 8.68. The van der Waals surface area contributed by atoms with Gasteiger partial charge in [-0.3, -0.25) is 4.90 Å². The molecule has 0 spiro atoms. The first kappa shape index (κ1) is 12.6. The average molecular weight is 264 g/mol. The summed E-state index contributed by atoms with van der Waals surface area (Å²) in [4.78, 5) is 2.75. The molecule has 1 aliphatic carbocycles. The van der Waals surface area contributed by atoms with Crippen molar-refractivity contribution in [2.24, 2.45) is 5.92 Å². The molecule has 1 aromatic rings. The molecular weight excluding hydrogens is 240 g/mol. The van der Waals surface area contributed by atoms with E-state index in [0.717, 1.165) is 5.92 Å². The van der Waals surface area contributed by atoms with Gasteiger partial charge in [0.15, 0.2) is 0 Å². The SMILES string of the molecule is CC1CN(CCc2ccsc2)C(C)(C2CC2)CN1. The Morgan fingerprint density at radius 3 is 3.00 bits per heavy atom. The molecule has 0 amide bonds. The van der Waals surface area contributed by atoms with Crippen LogP contribution in [0.1, 0.15) is 32.3 Å². The molecule has 0 bridgehead atoms. The van der Waals surface area contributed by atoms with Crippen LogP contribution in [0.3, 0.4) is 0 Å². The molecule has 1 aromatic heterocycles. The van der Waals surface area contributed by atoms with Crippen molar-refractivity contribution in [1.29, 1.82) is 0 Å². The minimum atomic E-state index is 0.405. The second-order valence-corrected chi connectivity index (χ2v) is 7.02. The van der Waals surface area contributed by atoms with Gasteiger partial charge in [-0.05, 0) is 61.4 Å². The minimum Gasteiger partial charge on any atom is -0.311 e. The van der Waals surface area contributed by atoms with Crippen LogP contribution >= 0.6 is 11.3 Å². The third-order valence-electron chi connectivity index (χ3n) is 4.73. The highest BCUT2D eigenvalue weighted by atomic mass is 32.1. The second kappa shape index (κ2) is 4.95. The van der Waals surface area contributed by atoms with Crippen LogP contribution in [-0.4, -0.2) is 36.1 Å². The van der Waals surface area contributed by atoms with Gasteiger partial charge in [0.2, 0.25) is 0 Å². The highest BCUT2D eigenvalue weighted by Crippen LogP contribution is 2.43. The molecular formula is C15H24N2S. The van der Waals surface area contributed by atoms with Crippen LogP contribution in [0, 0.1) is 5.92 Å². The van der Waals surface area contributed by atoms with Crippen LogP contribution in [0.15, 0.2) is 16.8 Å². The van der Waals surface area contributed by atoms with Crippen LogP contribution in [-0.2, 0) is 6.42 Å². The predicted molar refractivity (Wildman–Crippen MR) is 78.2 cm³/mol. The van der Waals surface area contributed by atoms with Crippen molar-refractivity contribution in [1.82, 2.24) is 10.2 Å². The van der Waals surface area contributed by atoms with E-state index in [2.05, 4.69) is 40.9 Å². The van der Waals surface area contributed by atoms with Gasteiger partial charge in [-0.2, -0.15) is 11.3 Å². The molecule has 1 saturated heterocycles. The fraction of sp³-hybridized carbons (Fsp3) is 0.733. The number of hydrogen-bond acceptors (Lipinski definition) is 3. The van der Waals surface area contributed by atoms with Crippen molar-refractivity contribution in [3.63, 3.8) is 0 Å². The molecule has 2 nitrogen and oxygen atoms in total. The molecule has 3 heteroatoms. The first-order valence-corrected chi connectivity index (χ1v) is 8.12. The minimum absolute atomic E-state index is 0.405. The van der Waals surface area contributed by atoms with Gasteiger partial charge in [-0.1, -0.05) is 0 Å². The summed E-state index contributed by atoms with van der Waals surface area (Å²) in [6.45, 7) is 8.37. The number of piperazine rings is 1. The van der Waals surface area contributed by atoms with E-state index in [1.165, 1.54) is 44.5 Å². The number of thiophene rings is 1. The maximum atomic E-state index is 3.68. The van der Waals surface area contributed by atoms with E-state index in [1.54, 1.807) is 0 Å². The summed E-state index contributed by atoms with van der Waals surface area (Å²) in [6, 6.07) is 2.91. The molecule has 0 aromatic carbocycles. The summed E-state index contributed by atoms with van der Waals surface area (Å²) in [7, 11) is 0. The maximum absolute atomic E-state index is 3.68. The zero-order valence-corrected chi connectivity index (χ0v) is 12.3. The van der Waals surface area contributed by atoms with Crippen molar-refractivity contribution in [3.8, 4) is 0 Å². The highest BCUT2D eigenvalue weighted by molar-refractivity contribution is 7.07. The largest absolute Gasteiger partial charge is 0.311 e. The molecule has 2 unspecified atom stereocenters. The molecule has 2 atom stereocenters. The monoisotopic (exact) mass is 264 g/mol. The first-order valence-electron chi connectivity index (χ1n) is 7.18. The third kappa shape index (κ3) is 2.49. The number of rotatable bonds is 4. The van der Waals surface area contributed by atoms with Gasteiger partial charge in [0.05, 0.1) is 0 Å². The normalized spacial score (nSPS) is 33.8. The lowest BCUT2D eigenvalue weighted by Crippen LogP contribution is -2.64. The van der Waals surface area contributed by atoms with Crippen molar-refractivity contribution in [2.75, 3.05) is 19.6 Å². The molecule has 0 radical (unpaired) electrons. The summed E-state index contributed by atoms with van der Waals surface area (Å²) in [5, 5.41) is 8.16. The van der Waals surface area contributed by atoms with Gasteiger partial charge >= 0.3 is 0 Å². The summed E-state index contributed by atoms with van der Waals surface area (Å²) in [5.41, 5.74) is 1.91. The van der Waals surface area contributed by atoms with Crippen molar-refractivity contribution in [3.05, 3.63) is 22.4 Å². The molecule has 18 heavy (non-hydrogen) atoms. The Morgan fingerprint density at radius 2 is 2.33 bits per heavy atom. The average Bonchev–Trinajstić information content (AvgIpc) is 3.09. The zero-order valence-electron chi connectivity index (χ0n) is 11.5. The van der Waals surface area contributed by atoms with Crippen LogP contribution in [0.4, 0.5) is 0 Å². The fourth-order valence-corrected chi connectivity index (χ4v) is 3.95. The lowest BCUT2D eigenvalue weighted by molar-refractivity contribution is 0.0395. The van der Waals surface area contributed by atoms with E-state index in [0.29, 0.717) is 11.6 Å². The predicted octanol–water partition coefficient (Wildman–Crippen LogP) is 2.75. The van der Waals surface area contributed by atoms with Crippen LogP contribution < -0.4 is 5.32 Å². The van der Waals surface area contributed by atoms with Gasteiger partial charge in [0.1, 0.15) is 0 Å². The maximum Gasteiger partial charge on any atom is 0.0334 e. The Bertz CT molecular complexity index is 385. The third-order valence-corrected chi connectivity index (χ3v) is 5.46. The van der Waals surface area contributed by atoms with E-state index in [4.69, 9.17) is 0 Å². The fourth-order valence-electron chi connectivity index (χ4n) is 3.25. The van der Waals surface area contributed by atoms with Crippen LogP contribution in [0.5, 0.6) is 0 Å². The van der Waals surface area contributed by atoms with E-state index >= 15 is 0 Å². The number of nitrogens with zero attached hydrogens (tertiary/aromatic N) is 1. The topological polar surface area (TPSA) is 15.3 Å². The number of hydrogen-bond donors (Lipinski definition) is 1. The summed E-state index contributed by atoms with van der Waals surface area (Å²) >= 11 is 1.81. The second-order valence-electron chi connectivity index (χ2n) is 6.24. The smallest absolute Gasteiger partial charge is 0.0334 e. The van der Waals surface area contributed by atoms with Gasteiger partial charge < -0.3 is 5.32 Å². The Hall–Kier alpha value is -0.380. The Balaban J connectivity index is 1.66.